The molecule has 356 valence electrons. The summed E-state index contributed by atoms with van der Waals surface area (Å²) < 4.78 is 0.536. The molecule has 3 aromatic rings. The van der Waals surface area contributed by atoms with Gasteiger partial charge in [-0.25, -0.2) is 4.57 Å². The third kappa shape index (κ3) is 15.5. The summed E-state index contributed by atoms with van der Waals surface area (Å²) in [5, 5.41) is 30.8. The minimum atomic E-state index is -0.981. The molecular weight excluding hydrogens is 813 g/mol. The number of carbonyl (C=O) groups excluding carboxylic acids is 3. The fraction of sp³-hybridized carbons (Fsp3) is 0.611. The van der Waals surface area contributed by atoms with Gasteiger partial charge in [0.15, 0.2) is 5.69 Å². The summed E-state index contributed by atoms with van der Waals surface area (Å²) in [6.45, 7) is 21.3. The Hall–Kier alpha value is -5.11. The van der Waals surface area contributed by atoms with Gasteiger partial charge in [0, 0.05) is 42.9 Å². The number of azo groups is 1. The predicted octanol–water partition coefficient (Wildman–Crippen LogP) is 13.6. The minimum absolute atomic E-state index is 0.0302. The second-order valence-electron chi connectivity index (χ2n) is 18.1. The molecule has 1 aromatic heterocycles. The maximum atomic E-state index is 15.1. The number of nitriles is 1. The van der Waals surface area contributed by atoms with Crippen LogP contribution in [0.2, 0.25) is 0 Å². The summed E-state index contributed by atoms with van der Waals surface area (Å²) >= 11 is 0. The topological polar surface area (TPSA) is 148 Å². The fourth-order valence-corrected chi connectivity index (χ4v) is 8.69. The van der Waals surface area contributed by atoms with Crippen LogP contribution in [0.5, 0.6) is 5.88 Å². The zero-order valence-electron chi connectivity index (χ0n) is 41.3. The van der Waals surface area contributed by atoms with Crippen molar-refractivity contribution in [2.45, 2.75) is 165 Å². The number of hydrogen-bond acceptors (Lipinski definition) is 8. The Kier molecular flexibility index (Phi) is 24.0. The molecule has 2 aromatic carbocycles. The summed E-state index contributed by atoms with van der Waals surface area (Å²) in [6.07, 6.45) is 16.4. The molecule has 0 aliphatic rings. The summed E-state index contributed by atoms with van der Waals surface area (Å²) in [7, 11) is 0. The van der Waals surface area contributed by atoms with E-state index in [0.717, 1.165) is 103 Å². The Morgan fingerprint density at radius 3 is 1.51 bits per heavy atom. The van der Waals surface area contributed by atoms with E-state index >= 15 is 4.79 Å². The standard InChI is InChI=1S/C54H80N6O5/c1-10-18-25-40(14-5)35-58(36-41(15-6)26-19-11-2)50(61)45-31-32-46(52(63)59(37-42(16-7)27-20-12-3)38-43(17-8)28-21-13-4)48(33-45)56-57-49-39(9)47(34-55)53(64)60(54(49)65)51(62)44-29-23-22-24-30-44/h22-24,29-33,40-43,65H,10-21,25-28,35-38H2,1-9H3/b57-56+. The van der Waals surface area contributed by atoms with Crippen LogP contribution in [0.15, 0.2) is 63.6 Å². The van der Waals surface area contributed by atoms with Gasteiger partial charge in [0.2, 0.25) is 5.88 Å². The first-order chi connectivity index (χ1) is 31.4. The number of unbranched alkanes of at least 4 members (excludes halogenated alkanes) is 4. The van der Waals surface area contributed by atoms with Crippen molar-refractivity contribution in [1.82, 2.24) is 14.4 Å². The highest BCUT2D eigenvalue weighted by Crippen LogP contribution is 2.35. The number of hydrogen-bond donors (Lipinski definition) is 1. The maximum absolute atomic E-state index is 15.1. The third-order valence-electron chi connectivity index (χ3n) is 13.3. The molecule has 1 N–H and O–H groups in total. The smallest absolute Gasteiger partial charge is 0.278 e. The van der Waals surface area contributed by atoms with Crippen molar-refractivity contribution in [2.75, 3.05) is 26.2 Å². The first kappa shape index (κ1) is 54.2. The first-order valence-electron chi connectivity index (χ1n) is 25.0. The van der Waals surface area contributed by atoms with Gasteiger partial charge in [-0.2, -0.15) is 5.26 Å². The molecule has 11 nitrogen and oxygen atoms in total. The number of amides is 2. The maximum Gasteiger partial charge on any atom is 0.278 e. The Morgan fingerprint density at radius 2 is 1.09 bits per heavy atom. The van der Waals surface area contributed by atoms with Gasteiger partial charge in [-0.05, 0) is 86.6 Å². The second-order valence-corrected chi connectivity index (χ2v) is 18.1. The molecule has 0 bridgehead atoms. The van der Waals surface area contributed by atoms with Crippen molar-refractivity contribution in [3.05, 3.63) is 86.7 Å². The number of aromatic hydroxyl groups is 1. The summed E-state index contributed by atoms with van der Waals surface area (Å²) in [4.78, 5) is 61.2. The van der Waals surface area contributed by atoms with Crippen molar-refractivity contribution in [2.24, 2.45) is 33.9 Å². The van der Waals surface area contributed by atoms with Gasteiger partial charge >= 0.3 is 0 Å². The molecule has 0 radical (unpaired) electrons. The van der Waals surface area contributed by atoms with Gasteiger partial charge in [-0.15, -0.1) is 10.2 Å². The SMILES string of the molecule is CCCCC(CC)CN(CC(CC)CCCC)C(=O)c1ccc(C(=O)N(CC(CC)CCCC)CC(CC)CCCC)c(/N=N/c2c(C)c(C#N)c(=O)n(C(=O)c3ccccc3)c2O)c1. The van der Waals surface area contributed by atoms with E-state index in [2.05, 4.69) is 65.6 Å². The van der Waals surface area contributed by atoms with Crippen LogP contribution in [0.4, 0.5) is 11.4 Å². The quantitative estimate of drug-likeness (QED) is 0.0686. The summed E-state index contributed by atoms with van der Waals surface area (Å²) in [6, 6.07) is 14.9. The molecule has 0 spiro atoms. The van der Waals surface area contributed by atoms with Crippen LogP contribution in [-0.2, 0) is 0 Å². The van der Waals surface area contributed by atoms with E-state index in [1.165, 1.54) is 19.1 Å². The number of rotatable bonds is 29. The van der Waals surface area contributed by atoms with E-state index in [-0.39, 0.29) is 45.4 Å². The van der Waals surface area contributed by atoms with E-state index in [1.807, 2.05) is 15.9 Å². The van der Waals surface area contributed by atoms with Crippen LogP contribution in [0.25, 0.3) is 0 Å². The lowest BCUT2D eigenvalue weighted by atomic mass is 9.94. The molecule has 4 unspecified atom stereocenters. The fourth-order valence-electron chi connectivity index (χ4n) is 8.69. The van der Waals surface area contributed by atoms with E-state index in [0.29, 0.717) is 60.0 Å². The monoisotopic (exact) mass is 893 g/mol. The molecule has 0 fully saturated rings. The molecule has 3 rings (SSSR count). The number of carbonyl (C=O) groups is 3. The predicted molar refractivity (Wildman–Crippen MR) is 264 cm³/mol. The highest BCUT2D eigenvalue weighted by molar-refractivity contribution is 6.02. The molecule has 1 heterocycles. The highest BCUT2D eigenvalue weighted by Gasteiger charge is 2.29. The van der Waals surface area contributed by atoms with E-state index in [9.17, 15) is 24.8 Å². The normalized spacial score (nSPS) is 13.3. The van der Waals surface area contributed by atoms with Crippen LogP contribution >= 0.6 is 0 Å². The van der Waals surface area contributed by atoms with Gasteiger partial charge in [-0.1, -0.05) is 151 Å². The lowest BCUT2D eigenvalue weighted by Gasteiger charge is -2.32. The average Bonchev–Trinajstić information content (AvgIpc) is 3.32. The van der Waals surface area contributed by atoms with E-state index in [4.69, 9.17) is 0 Å². The summed E-state index contributed by atoms with van der Waals surface area (Å²) in [5.74, 6) is -0.717. The number of pyridine rings is 1. The van der Waals surface area contributed by atoms with Crippen molar-refractivity contribution < 1.29 is 19.5 Å². The van der Waals surface area contributed by atoms with Crippen molar-refractivity contribution in [3.8, 4) is 11.9 Å². The zero-order chi connectivity index (χ0) is 47.9. The van der Waals surface area contributed by atoms with Crippen LogP contribution in [-0.4, -0.2) is 63.4 Å². The molecule has 65 heavy (non-hydrogen) atoms. The van der Waals surface area contributed by atoms with Crippen molar-refractivity contribution in [3.63, 3.8) is 0 Å². The van der Waals surface area contributed by atoms with Crippen LogP contribution in [0.1, 0.15) is 200 Å². The minimum Gasteiger partial charge on any atom is -0.492 e. The van der Waals surface area contributed by atoms with Crippen molar-refractivity contribution in [1.29, 1.82) is 5.26 Å². The Bertz CT molecular complexity index is 2050. The molecule has 0 saturated carbocycles. The Balaban J connectivity index is 2.34. The molecule has 0 aliphatic heterocycles. The zero-order valence-corrected chi connectivity index (χ0v) is 41.3. The van der Waals surface area contributed by atoms with Crippen LogP contribution < -0.4 is 5.56 Å². The summed E-state index contributed by atoms with van der Waals surface area (Å²) in [5.41, 5.74) is -0.730. The molecule has 0 aliphatic carbocycles. The van der Waals surface area contributed by atoms with Gasteiger partial charge in [0.05, 0.1) is 11.3 Å². The van der Waals surface area contributed by atoms with Gasteiger partial charge < -0.3 is 14.9 Å². The second kappa shape index (κ2) is 28.7. The number of aromatic nitrogens is 1. The third-order valence-corrected chi connectivity index (χ3v) is 13.3. The Labute approximate surface area is 390 Å². The molecule has 11 heteroatoms. The van der Waals surface area contributed by atoms with E-state index < -0.39 is 17.3 Å². The van der Waals surface area contributed by atoms with Crippen LogP contribution in [0.3, 0.4) is 0 Å². The van der Waals surface area contributed by atoms with Crippen molar-refractivity contribution >= 4 is 29.1 Å². The number of benzene rings is 2. The first-order valence-corrected chi connectivity index (χ1v) is 25.0. The van der Waals surface area contributed by atoms with E-state index in [1.54, 1.807) is 36.4 Å². The lowest BCUT2D eigenvalue weighted by Crippen LogP contribution is -2.39. The Morgan fingerprint density at radius 1 is 0.646 bits per heavy atom. The van der Waals surface area contributed by atoms with Gasteiger partial charge in [-0.3, -0.25) is 19.2 Å². The molecule has 0 saturated heterocycles. The molecule has 2 amide bonds. The highest BCUT2D eigenvalue weighted by atomic mass is 16.3. The number of nitrogens with zero attached hydrogens (tertiary/aromatic N) is 6. The largest absolute Gasteiger partial charge is 0.492 e. The average molecular weight is 893 g/mol. The lowest BCUT2D eigenvalue weighted by molar-refractivity contribution is 0.0674. The van der Waals surface area contributed by atoms with Gasteiger partial charge in [0.1, 0.15) is 11.6 Å². The van der Waals surface area contributed by atoms with Gasteiger partial charge in [0.25, 0.3) is 23.3 Å². The molecular formula is C54H80N6O5. The van der Waals surface area contributed by atoms with Crippen LogP contribution in [0, 0.1) is 41.9 Å². The molecule has 4 atom stereocenters.